The van der Waals surface area contributed by atoms with Gasteiger partial charge in [-0.1, -0.05) is 24.3 Å². The van der Waals surface area contributed by atoms with Gasteiger partial charge < -0.3 is 20.6 Å². The Balaban J connectivity index is 1.27. The summed E-state index contributed by atoms with van der Waals surface area (Å²) in [4.78, 5) is 25.4. The lowest BCUT2D eigenvalue weighted by Gasteiger charge is -2.14. The van der Waals surface area contributed by atoms with Crippen molar-refractivity contribution in [3.63, 3.8) is 0 Å². The molecule has 1 aliphatic rings. The van der Waals surface area contributed by atoms with Gasteiger partial charge in [0.1, 0.15) is 23.1 Å². The molecule has 3 aromatic heterocycles. The van der Waals surface area contributed by atoms with Crippen molar-refractivity contribution < 1.29 is 0 Å². The SMILES string of the molecule is CCNC(=NC)c1ccc2cc(-c3cnc(-c4cc5ccc(C6=NCCCN6)cc5[nH]4)cn3)[nH]c2c1. The van der Waals surface area contributed by atoms with Gasteiger partial charge in [0.25, 0.3) is 0 Å². The summed E-state index contributed by atoms with van der Waals surface area (Å²) in [5.41, 5.74) is 7.72. The molecular weight excluding hydrogens is 448 g/mol. The van der Waals surface area contributed by atoms with Gasteiger partial charge in [0.05, 0.1) is 23.8 Å². The molecule has 180 valence electrons. The van der Waals surface area contributed by atoms with Crippen LogP contribution in [-0.4, -0.2) is 58.3 Å². The third-order valence-corrected chi connectivity index (χ3v) is 6.46. The third kappa shape index (κ3) is 4.11. The molecule has 0 radical (unpaired) electrons. The van der Waals surface area contributed by atoms with Crippen LogP contribution in [0.4, 0.5) is 0 Å². The fourth-order valence-corrected chi connectivity index (χ4v) is 4.63. The van der Waals surface area contributed by atoms with Crippen molar-refractivity contribution in [1.29, 1.82) is 0 Å². The van der Waals surface area contributed by atoms with Crippen LogP contribution in [0.15, 0.2) is 70.9 Å². The lowest BCUT2D eigenvalue weighted by Crippen LogP contribution is -2.30. The van der Waals surface area contributed by atoms with Crippen molar-refractivity contribution in [2.75, 3.05) is 26.7 Å². The Hall–Kier alpha value is -4.46. The molecule has 4 N–H and O–H groups in total. The normalized spacial score (nSPS) is 14.2. The standard InChI is InChI=1S/C28H28N8/c1-3-30-27(29-2)19-7-5-17-11-23(35-21(17)13-19)25-15-34-26(16-33-25)24-12-18-6-8-20(14-22(18)36-24)28-31-9-4-10-32-28/h5-8,11-16,35-36H,3-4,9-10H2,1-2H3,(H,29,30)(H,31,32). The monoisotopic (exact) mass is 476 g/mol. The van der Waals surface area contributed by atoms with E-state index in [0.717, 1.165) is 93.4 Å². The maximum Gasteiger partial charge on any atom is 0.128 e. The number of hydrogen-bond donors (Lipinski definition) is 4. The minimum atomic E-state index is 0.798. The molecule has 0 amide bonds. The minimum Gasteiger partial charge on any atom is -0.370 e. The van der Waals surface area contributed by atoms with Gasteiger partial charge in [-0.15, -0.1) is 0 Å². The first-order valence-electron chi connectivity index (χ1n) is 12.3. The van der Waals surface area contributed by atoms with E-state index < -0.39 is 0 Å². The third-order valence-electron chi connectivity index (χ3n) is 6.46. The lowest BCUT2D eigenvalue weighted by atomic mass is 10.1. The smallest absolute Gasteiger partial charge is 0.128 e. The van der Waals surface area contributed by atoms with Crippen molar-refractivity contribution in [2.24, 2.45) is 9.98 Å². The summed E-state index contributed by atoms with van der Waals surface area (Å²) < 4.78 is 0. The largest absolute Gasteiger partial charge is 0.370 e. The number of nitrogens with zero attached hydrogens (tertiary/aromatic N) is 4. The van der Waals surface area contributed by atoms with Gasteiger partial charge in [-0.25, -0.2) is 0 Å². The highest BCUT2D eigenvalue weighted by Crippen LogP contribution is 2.27. The van der Waals surface area contributed by atoms with E-state index in [4.69, 9.17) is 9.97 Å². The zero-order valence-corrected chi connectivity index (χ0v) is 20.4. The predicted octanol–water partition coefficient (Wildman–Crippen LogP) is 4.50. The predicted molar refractivity (Wildman–Crippen MR) is 147 cm³/mol. The average Bonchev–Trinajstić information content (AvgIpc) is 3.56. The van der Waals surface area contributed by atoms with Crippen molar-refractivity contribution in [2.45, 2.75) is 13.3 Å². The van der Waals surface area contributed by atoms with Gasteiger partial charge in [-0.2, -0.15) is 0 Å². The molecule has 0 bridgehead atoms. The van der Waals surface area contributed by atoms with E-state index in [-0.39, 0.29) is 0 Å². The van der Waals surface area contributed by atoms with Crippen LogP contribution >= 0.6 is 0 Å². The number of hydrogen-bond acceptors (Lipinski definition) is 5. The van der Waals surface area contributed by atoms with Crippen molar-refractivity contribution >= 4 is 33.5 Å². The summed E-state index contributed by atoms with van der Waals surface area (Å²) >= 11 is 0. The van der Waals surface area contributed by atoms with E-state index in [0.29, 0.717) is 0 Å². The van der Waals surface area contributed by atoms with Gasteiger partial charge in [0, 0.05) is 59.6 Å². The first kappa shape index (κ1) is 22.0. The highest BCUT2D eigenvalue weighted by molar-refractivity contribution is 6.03. The second-order valence-electron chi connectivity index (χ2n) is 8.87. The van der Waals surface area contributed by atoms with Crippen LogP contribution in [-0.2, 0) is 0 Å². The van der Waals surface area contributed by atoms with Crippen LogP contribution < -0.4 is 10.6 Å². The number of aromatic nitrogens is 4. The minimum absolute atomic E-state index is 0.798. The van der Waals surface area contributed by atoms with Gasteiger partial charge >= 0.3 is 0 Å². The van der Waals surface area contributed by atoms with Crippen LogP contribution in [0.3, 0.4) is 0 Å². The van der Waals surface area contributed by atoms with Crippen LogP contribution in [0, 0.1) is 0 Å². The van der Waals surface area contributed by atoms with Crippen LogP contribution in [0.2, 0.25) is 0 Å². The Morgan fingerprint density at radius 3 is 2.22 bits per heavy atom. The van der Waals surface area contributed by atoms with E-state index in [1.165, 1.54) is 0 Å². The Kier molecular flexibility index (Phi) is 5.69. The Morgan fingerprint density at radius 2 is 1.61 bits per heavy atom. The number of aliphatic imine (C=N–C) groups is 2. The molecule has 0 spiro atoms. The van der Waals surface area contributed by atoms with Gasteiger partial charge in [-0.3, -0.25) is 20.0 Å². The maximum atomic E-state index is 4.71. The van der Waals surface area contributed by atoms with Gasteiger partial charge in [-0.05, 0) is 37.6 Å². The number of nitrogens with one attached hydrogen (secondary N) is 4. The quantitative estimate of drug-likeness (QED) is 0.221. The highest BCUT2D eigenvalue weighted by atomic mass is 15.0. The Morgan fingerprint density at radius 1 is 0.917 bits per heavy atom. The molecule has 0 saturated heterocycles. The topological polar surface area (TPSA) is 106 Å². The van der Waals surface area contributed by atoms with E-state index in [1.807, 2.05) is 12.4 Å². The van der Waals surface area contributed by atoms with Crippen LogP contribution in [0.5, 0.6) is 0 Å². The van der Waals surface area contributed by atoms with Crippen molar-refractivity contribution in [3.05, 3.63) is 72.1 Å². The molecule has 8 nitrogen and oxygen atoms in total. The molecule has 36 heavy (non-hydrogen) atoms. The summed E-state index contributed by atoms with van der Waals surface area (Å²) in [6, 6.07) is 16.9. The van der Waals surface area contributed by atoms with E-state index in [1.54, 1.807) is 7.05 Å². The molecule has 0 fully saturated rings. The van der Waals surface area contributed by atoms with Crippen molar-refractivity contribution in [3.8, 4) is 22.8 Å². The molecule has 6 rings (SSSR count). The number of rotatable bonds is 5. The van der Waals surface area contributed by atoms with Gasteiger partial charge in [0.15, 0.2) is 0 Å². The first-order valence-corrected chi connectivity index (χ1v) is 12.3. The molecule has 0 unspecified atom stereocenters. The zero-order valence-electron chi connectivity index (χ0n) is 20.4. The van der Waals surface area contributed by atoms with E-state index >= 15 is 0 Å². The molecule has 1 aliphatic heterocycles. The van der Waals surface area contributed by atoms with E-state index in [9.17, 15) is 0 Å². The summed E-state index contributed by atoms with van der Waals surface area (Å²) in [6.07, 6.45) is 4.71. The fourth-order valence-electron chi connectivity index (χ4n) is 4.63. The molecule has 4 heterocycles. The molecule has 0 saturated carbocycles. The summed E-state index contributed by atoms with van der Waals surface area (Å²) in [7, 11) is 1.80. The summed E-state index contributed by atoms with van der Waals surface area (Å²) in [6.45, 7) is 4.74. The summed E-state index contributed by atoms with van der Waals surface area (Å²) in [5, 5.41) is 8.95. The van der Waals surface area contributed by atoms with E-state index in [2.05, 4.69) is 86.0 Å². The molecular formula is C28H28N8. The number of H-pyrrole nitrogens is 2. The Labute approximate surface area is 209 Å². The van der Waals surface area contributed by atoms with Crippen molar-refractivity contribution in [1.82, 2.24) is 30.6 Å². The highest BCUT2D eigenvalue weighted by Gasteiger charge is 2.12. The van der Waals surface area contributed by atoms with Crippen LogP contribution in [0.1, 0.15) is 24.5 Å². The lowest BCUT2D eigenvalue weighted by molar-refractivity contribution is 0.742. The maximum absolute atomic E-state index is 4.71. The molecule has 5 aromatic rings. The molecule has 0 atom stereocenters. The second-order valence-corrected chi connectivity index (χ2v) is 8.87. The number of amidine groups is 2. The Bertz CT molecular complexity index is 1600. The number of benzene rings is 2. The second kappa shape index (κ2) is 9.30. The summed E-state index contributed by atoms with van der Waals surface area (Å²) in [5.74, 6) is 1.85. The zero-order chi connectivity index (χ0) is 24.5. The van der Waals surface area contributed by atoms with Gasteiger partial charge in [0.2, 0.25) is 0 Å². The number of fused-ring (bicyclic) bond motifs is 2. The fraction of sp³-hybridized carbons (Fsp3) is 0.214. The molecule has 8 heteroatoms. The molecule has 2 aromatic carbocycles. The average molecular weight is 477 g/mol. The van der Waals surface area contributed by atoms with Crippen LogP contribution in [0.25, 0.3) is 44.6 Å². The first-order chi connectivity index (χ1) is 17.7. The molecule has 0 aliphatic carbocycles. The number of aromatic amines is 2.